The van der Waals surface area contributed by atoms with E-state index in [9.17, 15) is 9.59 Å². The minimum atomic E-state index is -0.424. The number of rotatable bonds is 8. The van der Waals surface area contributed by atoms with Crippen molar-refractivity contribution in [3.8, 4) is 11.5 Å². The molecule has 0 bridgehead atoms. The van der Waals surface area contributed by atoms with E-state index in [-0.39, 0.29) is 23.4 Å². The first-order valence-corrected chi connectivity index (χ1v) is 12.4. The Hall–Kier alpha value is -4.07. The maximum absolute atomic E-state index is 13.4. The first-order chi connectivity index (χ1) is 17.6. The normalized spacial score (nSPS) is 13.7. The minimum Gasteiger partial charge on any atom is -0.419 e. The summed E-state index contributed by atoms with van der Waals surface area (Å²) in [6.45, 7) is 2.50. The van der Waals surface area contributed by atoms with Gasteiger partial charge in [0.15, 0.2) is 5.43 Å². The smallest absolute Gasteiger partial charge is 0.257 e. The van der Waals surface area contributed by atoms with Crippen LogP contribution in [-0.4, -0.2) is 25.7 Å². The Morgan fingerprint density at radius 1 is 1.11 bits per heavy atom. The molecule has 1 N–H and O–H groups in total. The van der Waals surface area contributed by atoms with Crippen molar-refractivity contribution in [2.75, 3.05) is 0 Å². The van der Waals surface area contributed by atoms with Gasteiger partial charge in [-0.15, -0.1) is 10.2 Å². The maximum Gasteiger partial charge on any atom is 0.257 e. The molecule has 1 amide bonds. The van der Waals surface area contributed by atoms with Crippen molar-refractivity contribution in [2.45, 2.75) is 52.1 Å². The lowest BCUT2D eigenvalue weighted by molar-refractivity contribution is 0.0944. The molecule has 5 rings (SSSR count). The largest absolute Gasteiger partial charge is 0.419 e. The van der Waals surface area contributed by atoms with Gasteiger partial charge in [0.2, 0.25) is 11.8 Å². The molecule has 0 unspecified atom stereocenters. The Morgan fingerprint density at radius 2 is 1.92 bits per heavy atom. The number of benzene rings is 1. The summed E-state index contributed by atoms with van der Waals surface area (Å²) in [5, 5.41) is 11.0. The van der Waals surface area contributed by atoms with Gasteiger partial charge in [-0.25, -0.2) is 0 Å². The molecule has 36 heavy (non-hydrogen) atoms. The van der Waals surface area contributed by atoms with Crippen LogP contribution in [0.5, 0.6) is 0 Å². The number of carbonyl (C=O) groups excluding carboxylic acids is 1. The maximum atomic E-state index is 13.4. The van der Waals surface area contributed by atoms with Crippen LogP contribution in [0.3, 0.4) is 0 Å². The van der Waals surface area contributed by atoms with Crippen LogP contribution in [0.15, 0.2) is 70.1 Å². The molecule has 1 saturated carbocycles. The summed E-state index contributed by atoms with van der Waals surface area (Å²) in [5.41, 5.74) is 3.36. The summed E-state index contributed by atoms with van der Waals surface area (Å²) >= 11 is 0. The van der Waals surface area contributed by atoms with Crippen molar-refractivity contribution in [3.63, 3.8) is 0 Å². The molecule has 4 aromatic rings. The standard InChI is InChI=1S/C28H29N5O3/c1-19-14-24(34)26(27(35)30-17-25-31-32-28(36-25)22-11-3-2-4-12-22)23(15-20-8-5-6-9-20)33(19)18-21-10-7-13-29-16-21/h2-4,7,10-14,16,20H,5-6,8-9,15,17-18H2,1H3,(H,30,35). The van der Waals surface area contributed by atoms with E-state index < -0.39 is 5.91 Å². The molecule has 3 aromatic heterocycles. The third kappa shape index (κ3) is 5.27. The molecule has 8 nitrogen and oxygen atoms in total. The fourth-order valence-corrected chi connectivity index (χ4v) is 4.93. The quantitative estimate of drug-likeness (QED) is 0.401. The zero-order valence-electron chi connectivity index (χ0n) is 20.3. The van der Waals surface area contributed by atoms with Gasteiger partial charge in [-0.3, -0.25) is 14.6 Å². The fraction of sp³-hybridized carbons (Fsp3) is 0.321. The molecule has 3 heterocycles. The molecule has 1 aliphatic carbocycles. The molecule has 8 heteroatoms. The lowest BCUT2D eigenvalue weighted by atomic mass is 9.96. The van der Waals surface area contributed by atoms with Gasteiger partial charge in [-0.2, -0.15) is 0 Å². The zero-order chi connectivity index (χ0) is 24.9. The molecular formula is C28H29N5O3. The van der Waals surface area contributed by atoms with E-state index in [2.05, 4.69) is 25.1 Å². The average molecular weight is 484 g/mol. The van der Waals surface area contributed by atoms with Crippen LogP contribution in [0, 0.1) is 12.8 Å². The monoisotopic (exact) mass is 483 g/mol. The highest BCUT2D eigenvalue weighted by atomic mass is 16.4. The van der Waals surface area contributed by atoms with Crippen molar-refractivity contribution in [1.82, 2.24) is 25.1 Å². The van der Waals surface area contributed by atoms with E-state index in [4.69, 9.17) is 4.42 Å². The van der Waals surface area contributed by atoms with Crippen molar-refractivity contribution in [3.05, 3.63) is 99.6 Å². The number of pyridine rings is 2. The lowest BCUT2D eigenvalue weighted by Gasteiger charge is -2.22. The van der Waals surface area contributed by atoms with Crippen LogP contribution in [0.2, 0.25) is 0 Å². The van der Waals surface area contributed by atoms with Crippen molar-refractivity contribution < 1.29 is 9.21 Å². The van der Waals surface area contributed by atoms with E-state index in [1.54, 1.807) is 12.3 Å². The molecular weight excluding hydrogens is 454 g/mol. The summed E-state index contributed by atoms with van der Waals surface area (Å²) in [4.78, 5) is 30.8. The Bertz CT molecular complexity index is 1390. The lowest BCUT2D eigenvalue weighted by Crippen LogP contribution is -2.33. The molecule has 0 atom stereocenters. The highest BCUT2D eigenvalue weighted by Crippen LogP contribution is 2.29. The van der Waals surface area contributed by atoms with Gasteiger partial charge >= 0.3 is 0 Å². The summed E-state index contributed by atoms with van der Waals surface area (Å²) in [6.07, 6.45) is 8.84. The Balaban J connectivity index is 1.42. The van der Waals surface area contributed by atoms with Crippen LogP contribution >= 0.6 is 0 Å². The second-order valence-electron chi connectivity index (χ2n) is 9.32. The van der Waals surface area contributed by atoms with E-state index >= 15 is 0 Å². The third-order valence-corrected chi connectivity index (χ3v) is 6.76. The number of nitrogens with zero attached hydrogens (tertiary/aromatic N) is 4. The van der Waals surface area contributed by atoms with E-state index in [1.165, 1.54) is 12.8 Å². The Kier molecular flexibility index (Phi) is 7.02. The number of aryl methyl sites for hydroxylation is 1. The van der Waals surface area contributed by atoms with Gasteiger partial charge in [0.25, 0.3) is 5.91 Å². The summed E-state index contributed by atoms with van der Waals surface area (Å²) < 4.78 is 7.81. The zero-order valence-corrected chi connectivity index (χ0v) is 20.3. The molecule has 1 aliphatic rings. The minimum absolute atomic E-state index is 0.0391. The van der Waals surface area contributed by atoms with Crippen LogP contribution in [-0.2, 0) is 19.5 Å². The number of carbonyl (C=O) groups is 1. The predicted molar refractivity (Wildman–Crippen MR) is 135 cm³/mol. The molecule has 0 spiro atoms. The van der Waals surface area contributed by atoms with E-state index in [0.717, 1.165) is 35.4 Å². The van der Waals surface area contributed by atoms with Crippen molar-refractivity contribution >= 4 is 5.91 Å². The number of hydrogen-bond acceptors (Lipinski definition) is 6. The average Bonchev–Trinajstić information content (AvgIpc) is 3.59. The van der Waals surface area contributed by atoms with Crippen LogP contribution in [0.4, 0.5) is 0 Å². The topological polar surface area (TPSA) is 103 Å². The van der Waals surface area contributed by atoms with Gasteiger partial charge in [0.1, 0.15) is 5.56 Å². The fourth-order valence-electron chi connectivity index (χ4n) is 4.93. The third-order valence-electron chi connectivity index (χ3n) is 6.76. The second kappa shape index (κ2) is 10.7. The van der Waals surface area contributed by atoms with Crippen molar-refractivity contribution in [1.29, 1.82) is 0 Å². The molecule has 184 valence electrons. The number of nitrogens with one attached hydrogen (secondary N) is 1. The highest BCUT2D eigenvalue weighted by Gasteiger charge is 2.25. The summed E-state index contributed by atoms with van der Waals surface area (Å²) in [5.74, 6) is 0.702. The summed E-state index contributed by atoms with van der Waals surface area (Å²) in [7, 11) is 0. The first kappa shape index (κ1) is 23.7. The predicted octanol–water partition coefficient (Wildman–Crippen LogP) is 4.31. The van der Waals surface area contributed by atoms with Gasteiger partial charge in [0.05, 0.1) is 6.54 Å². The number of aromatic nitrogens is 4. The molecule has 0 radical (unpaired) electrons. The Morgan fingerprint density at radius 3 is 2.67 bits per heavy atom. The van der Waals surface area contributed by atoms with E-state index in [1.807, 2.05) is 55.6 Å². The molecule has 0 saturated heterocycles. The molecule has 1 fully saturated rings. The molecule has 1 aromatic carbocycles. The Labute approximate surface area is 209 Å². The van der Waals surface area contributed by atoms with Gasteiger partial charge in [-0.05, 0) is 43.0 Å². The van der Waals surface area contributed by atoms with Crippen LogP contribution in [0.25, 0.3) is 11.5 Å². The van der Waals surface area contributed by atoms with Crippen LogP contribution in [0.1, 0.15) is 58.9 Å². The second-order valence-corrected chi connectivity index (χ2v) is 9.32. The SMILES string of the molecule is Cc1cc(=O)c(C(=O)NCc2nnc(-c3ccccc3)o2)c(CC2CCCC2)n1Cc1cccnc1. The number of hydrogen-bond donors (Lipinski definition) is 1. The molecule has 0 aliphatic heterocycles. The summed E-state index contributed by atoms with van der Waals surface area (Å²) in [6, 6.07) is 14.9. The highest BCUT2D eigenvalue weighted by molar-refractivity contribution is 5.95. The first-order valence-electron chi connectivity index (χ1n) is 12.4. The van der Waals surface area contributed by atoms with Crippen LogP contribution < -0.4 is 10.7 Å². The van der Waals surface area contributed by atoms with Gasteiger partial charge in [-0.1, -0.05) is 49.9 Å². The van der Waals surface area contributed by atoms with Gasteiger partial charge in [0, 0.05) is 42.0 Å². The number of amides is 1. The van der Waals surface area contributed by atoms with E-state index in [0.29, 0.717) is 24.8 Å². The van der Waals surface area contributed by atoms with Gasteiger partial charge < -0.3 is 14.3 Å². The van der Waals surface area contributed by atoms with Crippen molar-refractivity contribution in [2.24, 2.45) is 5.92 Å².